The van der Waals surface area contributed by atoms with Crippen LogP contribution < -0.4 is 11.3 Å². The van der Waals surface area contributed by atoms with Gasteiger partial charge >= 0.3 is 0 Å². The van der Waals surface area contributed by atoms with E-state index in [0.717, 1.165) is 31.8 Å². The highest BCUT2D eigenvalue weighted by Gasteiger charge is 2.18. The van der Waals surface area contributed by atoms with Crippen LogP contribution in [0.1, 0.15) is 38.6 Å². The van der Waals surface area contributed by atoms with E-state index in [2.05, 4.69) is 28.8 Å². The minimum absolute atomic E-state index is 0.0849. The van der Waals surface area contributed by atoms with Gasteiger partial charge in [-0.3, -0.25) is 5.84 Å². The maximum absolute atomic E-state index is 5.63. The molecule has 0 aromatic carbocycles. The largest absolute Gasteiger partial charge is 0.384 e. The van der Waals surface area contributed by atoms with Crippen LogP contribution >= 0.6 is 0 Å². The van der Waals surface area contributed by atoms with Crippen LogP contribution in [-0.4, -0.2) is 23.3 Å². The van der Waals surface area contributed by atoms with Gasteiger partial charge in [0.15, 0.2) is 0 Å². The van der Waals surface area contributed by atoms with Crippen molar-refractivity contribution in [3.05, 3.63) is 18.2 Å². The number of nitrogens with one attached hydrogen (secondary N) is 1. The second-order valence-electron chi connectivity index (χ2n) is 4.49. The second-order valence-corrected chi connectivity index (χ2v) is 4.49. The zero-order valence-electron chi connectivity index (χ0n) is 11.0. The average molecular weight is 240 g/mol. The molecule has 1 aromatic heterocycles. The number of ether oxygens (including phenoxy) is 1. The van der Waals surface area contributed by atoms with E-state index in [1.54, 1.807) is 7.11 Å². The molecule has 0 amide bonds. The zero-order valence-corrected chi connectivity index (χ0v) is 11.0. The van der Waals surface area contributed by atoms with E-state index in [4.69, 9.17) is 10.6 Å². The van der Waals surface area contributed by atoms with E-state index >= 15 is 0 Å². The van der Waals surface area contributed by atoms with Crippen molar-refractivity contribution >= 4 is 0 Å². The highest BCUT2D eigenvalue weighted by molar-refractivity contribution is 4.99. The molecule has 0 spiro atoms. The molecule has 5 nitrogen and oxygen atoms in total. The molecule has 0 fully saturated rings. The van der Waals surface area contributed by atoms with E-state index in [9.17, 15) is 0 Å². The normalized spacial score (nSPS) is 14.8. The summed E-state index contributed by atoms with van der Waals surface area (Å²) in [7, 11) is 1.72. The quantitative estimate of drug-likeness (QED) is 0.533. The Morgan fingerprint density at radius 1 is 1.59 bits per heavy atom. The maximum atomic E-state index is 5.63. The molecule has 0 saturated heterocycles. The number of nitrogens with two attached hydrogens (primary N) is 1. The highest BCUT2D eigenvalue weighted by atomic mass is 16.5. The number of imidazole rings is 1. The number of rotatable bonds is 8. The van der Waals surface area contributed by atoms with Gasteiger partial charge in [-0.2, -0.15) is 0 Å². The van der Waals surface area contributed by atoms with Crippen LogP contribution in [0.4, 0.5) is 0 Å². The van der Waals surface area contributed by atoms with Gasteiger partial charge < -0.3 is 9.30 Å². The predicted octanol–water partition coefficient (Wildman–Crippen LogP) is 1.47. The van der Waals surface area contributed by atoms with E-state index in [1.807, 2.05) is 12.4 Å². The molecule has 2 unspecified atom stereocenters. The van der Waals surface area contributed by atoms with E-state index in [0.29, 0.717) is 5.92 Å². The molecule has 2 atom stereocenters. The van der Waals surface area contributed by atoms with Gasteiger partial charge in [0.1, 0.15) is 5.82 Å². The van der Waals surface area contributed by atoms with Gasteiger partial charge in [-0.25, -0.2) is 10.4 Å². The van der Waals surface area contributed by atoms with Crippen molar-refractivity contribution in [1.82, 2.24) is 15.0 Å². The van der Waals surface area contributed by atoms with E-state index in [1.165, 1.54) is 0 Å². The number of hydrogen-bond donors (Lipinski definition) is 2. The Hall–Kier alpha value is -0.910. The SMILES string of the molecule is CCCn1ccnc1C(CC(C)COC)NN. The Morgan fingerprint density at radius 3 is 2.94 bits per heavy atom. The Kier molecular flexibility index (Phi) is 6.18. The molecule has 3 N–H and O–H groups in total. The molecule has 0 aliphatic heterocycles. The first-order valence-electron chi connectivity index (χ1n) is 6.19. The van der Waals surface area contributed by atoms with Crippen LogP contribution in [0.2, 0.25) is 0 Å². The van der Waals surface area contributed by atoms with Crippen molar-refractivity contribution in [3.63, 3.8) is 0 Å². The summed E-state index contributed by atoms with van der Waals surface area (Å²) in [5, 5.41) is 0. The molecule has 0 saturated carbocycles. The lowest BCUT2D eigenvalue weighted by Crippen LogP contribution is -2.32. The molecular formula is C12H24N4O. The fraction of sp³-hybridized carbons (Fsp3) is 0.750. The third-order valence-electron chi connectivity index (χ3n) is 2.81. The third-order valence-corrected chi connectivity index (χ3v) is 2.81. The molecule has 0 radical (unpaired) electrons. The first-order valence-corrected chi connectivity index (χ1v) is 6.19. The predicted molar refractivity (Wildman–Crippen MR) is 68.2 cm³/mol. The first kappa shape index (κ1) is 14.2. The lowest BCUT2D eigenvalue weighted by atomic mass is 10.0. The summed E-state index contributed by atoms with van der Waals surface area (Å²) >= 11 is 0. The van der Waals surface area contributed by atoms with Crippen LogP contribution in [0.5, 0.6) is 0 Å². The number of aryl methyl sites for hydroxylation is 1. The summed E-state index contributed by atoms with van der Waals surface area (Å²) in [5.74, 6) is 7.09. The number of methoxy groups -OCH3 is 1. The number of hydrogen-bond acceptors (Lipinski definition) is 4. The van der Waals surface area contributed by atoms with Crippen molar-refractivity contribution in [2.45, 2.75) is 39.3 Å². The number of hydrazine groups is 1. The summed E-state index contributed by atoms with van der Waals surface area (Å²) in [6.07, 6.45) is 5.85. The van der Waals surface area contributed by atoms with Gasteiger partial charge in [-0.05, 0) is 18.8 Å². The molecular weight excluding hydrogens is 216 g/mol. The van der Waals surface area contributed by atoms with Crippen LogP contribution in [-0.2, 0) is 11.3 Å². The van der Waals surface area contributed by atoms with Crippen molar-refractivity contribution in [1.29, 1.82) is 0 Å². The fourth-order valence-electron chi connectivity index (χ4n) is 2.06. The Morgan fingerprint density at radius 2 is 2.35 bits per heavy atom. The minimum atomic E-state index is 0.0849. The van der Waals surface area contributed by atoms with Crippen molar-refractivity contribution in [2.75, 3.05) is 13.7 Å². The van der Waals surface area contributed by atoms with Gasteiger partial charge in [0.25, 0.3) is 0 Å². The number of aromatic nitrogens is 2. The second kappa shape index (κ2) is 7.42. The average Bonchev–Trinajstić information content (AvgIpc) is 2.75. The standard InChI is InChI=1S/C12H24N4O/c1-4-6-16-7-5-14-12(16)11(15-13)8-10(2)9-17-3/h5,7,10-11,15H,4,6,8-9,13H2,1-3H3. The Bertz CT molecular complexity index is 313. The first-order chi connectivity index (χ1) is 8.22. The maximum Gasteiger partial charge on any atom is 0.127 e. The molecule has 5 heteroatoms. The summed E-state index contributed by atoms with van der Waals surface area (Å²) in [6.45, 7) is 6.03. The van der Waals surface area contributed by atoms with Gasteiger partial charge in [-0.1, -0.05) is 13.8 Å². The van der Waals surface area contributed by atoms with Gasteiger partial charge in [0.2, 0.25) is 0 Å². The Balaban J connectivity index is 2.68. The van der Waals surface area contributed by atoms with Gasteiger partial charge in [0, 0.05) is 32.7 Å². The topological polar surface area (TPSA) is 65.1 Å². The Labute approximate surface area is 103 Å². The molecule has 98 valence electrons. The van der Waals surface area contributed by atoms with Gasteiger partial charge in [0.05, 0.1) is 6.04 Å². The number of nitrogens with zero attached hydrogens (tertiary/aromatic N) is 2. The summed E-state index contributed by atoms with van der Waals surface area (Å²) in [6, 6.07) is 0.0849. The van der Waals surface area contributed by atoms with E-state index < -0.39 is 0 Å². The molecule has 0 aliphatic carbocycles. The van der Waals surface area contributed by atoms with Crippen molar-refractivity contribution in [2.24, 2.45) is 11.8 Å². The zero-order chi connectivity index (χ0) is 12.7. The summed E-state index contributed by atoms with van der Waals surface area (Å²) < 4.78 is 7.31. The van der Waals surface area contributed by atoms with Gasteiger partial charge in [-0.15, -0.1) is 0 Å². The minimum Gasteiger partial charge on any atom is -0.384 e. The third kappa shape index (κ3) is 4.11. The molecule has 0 bridgehead atoms. The van der Waals surface area contributed by atoms with Crippen LogP contribution in [0, 0.1) is 5.92 Å². The highest BCUT2D eigenvalue weighted by Crippen LogP contribution is 2.19. The lowest BCUT2D eigenvalue weighted by Gasteiger charge is -2.20. The molecule has 0 aliphatic rings. The lowest BCUT2D eigenvalue weighted by molar-refractivity contribution is 0.148. The van der Waals surface area contributed by atoms with Crippen LogP contribution in [0.15, 0.2) is 12.4 Å². The molecule has 1 aromatic rings. The summed E-state index contributed by atoms with van der Waals surface area (Å²) in [4.78, 5) is 4.40. The molecule has 1 heterocycles. The van der Waals surface area contributed by atoms with Crippen molar-refractivity contribution in [3.8, 4) is 0 Å². The van der Waals surface area contributed by atoms with Crippen LogP contribution in [0.3, 0.4) is 0 Å². The molecule has 17 heavy (non-hydrogen) atoms. The summed E-state index contributed by atoms with van der Waals surface area (Å²) in [5.41, 5.74) is 2.85. The smallest absolute Gasteiger partial charge is 0.127 e. The van der Waals surface area contributed by atoms with E-state index in [-0.39, 0.29) is 6.04 Å². The van der Waals surface area contributed by atoms with Crippen molar-refractivity contribution < 1.29 is 4.74 Å². The monoisotopic (exact) mass is 240 g/mol. The molecule has 1 rings (SSSR count). The van der Waals surface area contributed by atoms with Crippen LogP contribution in [0.25, 0.3) is 0 Å². The fourth-order valence-corrected chi connectivity index (χ4v) is 2.06.